The summed E-state index contributed by atoms with van der Waals surface area (Å²) >= 11 is 0. The van der Waals surface area contributed by atoms with Crippen molar-refractivity contribution >= 4 is 32.7 Å². The molecule has 4 rings (SSSR count). The number of aryl methyl sites for hydroxylation is 1. The Bertz CT molecular complexity index is 1320. The number of fused-ring (bicyclic) bond motifs is 1. The van der Waals surface area contributed by atoms with Gasteiger partial charge in [0.05, 0.1) is 23.0 Å². The molecular weight excluding hydrogens is 424 g/mol. The minimum atomic E-state index is -3.81. The Hall–Kier alpha value is -3.65. The molecular formula is C24H24N4O3S. The highest BCUT2D eigenvalue weighted by Gasteiger charge is 2.18. The summed E-state index contributed by atoms with van der Waals surface area (Å²) in [5.41, 5.74) is 3.39. The van der Waals surface area contributed by atoms with Crippen LogP contribution in [-0.2, 0) is 16.4 Å². The molecule has 0 aliphatic rings. The van der Waals surface area contributed by atoms with Gasteiger partial charge in [0.15, 0.2) is 11.6 Å². The smallest absolute Gasteiger partial charge is 0.263 e. The van der Waals surface area contributed by atoms with Crippen molar-refractivity contribution in [3.05, 3.63) is 83.9 Å². The van der Waals surface area contributed by atoms with Gasteiger partial charge in [-0.2, -0.15) is 0 Å². The predicted octanol–water partition coefficient (Wildman–Crippen LogP) is 4.40. The number of para-hydroxylation sites is 2. The fraction of sp³-hybridized carbons (Fsp3) is 0.167. The van der Waals surface area contributed by atoms with E-state index >= 15 is 0 Å². The molecule has 1 heterocycles. The average Bonchev–Trinajstić information content (AvgIpc) is 2.80. The average molecular weight is 449 g/mol. The van der Waals surface area contributed by atoms with Gasteiger partial charge in [-0.15, -0.1) is 0 Å². The molecule has 0 atom stereocenters. The Morgan fingerprint density at radius 1 is 0.844 bits per heavy atom. The van der Waals surface area contributed by atoms with Crippen molar-refractivity contribution < 1.29 is 13.2 Å². The van der Waals surface area contributed by atoms with E-state index in [1.807, 2.05) is 49.4 Å². The SMILES string of the molecule is COc1ccc(CCNc2nc3ccccc3nc2NS(=O)(=O)c2ccc(C)cc2)cc1. The van der Waals surface area contributed by atoms with E-state index in [0.29, 0.717) is 23.4 Å². The first kappa shape index (κ1) is 21.6. The normalized spacial score (nSPS) is 11.3. The van der Waals surface area contributed by atoms with Crippen molar-refractivity contribution in [2.75, 3.05) is 23.7 Å². The molecule has 3 aromatic carbocycles. The third-order valence-electron chi connectivity index (χ3n) is 5.00. The molecule has 0 saturated heterocycles. The van der Waals surface area contributed by atoms with Gasteiger partial charge in [-0.05, 0) is 55.3 Å². The summed E-state index contributed by atoms with van der Waals surface area (Å²) in [5, 5.41) is 3.23. The largest absolute Gasteiger partial charge is 0.497 e. The molecule has 8 heteroatoms. The van der Waals surface area contributed by atoms with E-state index in [1.54, 1.807) is 37.4 Å². The minimum absolute atomic E-state index is 0.166. The molecule has 0 fully saturated rings. The highest BCUT2D eigenvalue weighted by molar-refractivity contribution is 7.92. The van der Waals surface area contributed by atoms with Crippen molar-refractivity contribution in [3.63, 3.8) is 0 Å². The number of aromatic nitrogens is 2. The first-order valence-electron chi connectivity index (χ1n) is 10.2. The van der Waals surface area contributed by atoms with E-state index in [9.17, 15) is 8.42 Å². The summed E-state index contributed by atoms with van der Waals surface area (Å²) in [4.78, 5) is 9.29. The van der Waals surface area contributed by atoms with Gasteiger partial charge < -0.3 is 10.1 Å². The van der Waals surface area contributed by atoms with Crippen molar-refractivity contribution in [2.45, 2.75) is 18.2 Å². The minimum Gasteiger partial charge on any atom is -0.497 e. The first-order chi connectivity index (χ1) is 15.4. The summed E-state index contributed by atoms with van der Waals surface area (Å²) < 4.78 is 33.7. The van der Waals surface area contributed by atoms with Crippen LogP contribution in [0.4, 0.5) is 11.6 Å². The zero-order valence-electron chi connectivity index (χ0n) is 17.9. The van der Waals surface area contributed by atoms with Gasteiger partial charge in [0.1, 0.15) is 5.75 Å². The Morgan fingerprint density at radius 2 is 1.47 bits per heavy atom. The maximum atomic E-state index is 12.9. The molecule has 0 aliphatic carbocycles. The predicted molar refractivity (Wildman–Crippen MR) is 127 cm³/mol. The van der Waals surface area contributed by atoms with Gasteiger partial charge in [0.25, 0.3) is 10.0 Å². The van der Waals surface area contributed by atoms with Crippen LogP contribution in [-0.4, -0.2) is 32.0 Å². The lowest BCUT2D eigenvalue weighted by molar-refractivity contribution is 0.414. The number of nitrogens with zero attached hydrogens (tertiary/aromatic N) is 2. The van der Waals surface area contributed by atoms with E-state index < -0.39 is 10.0 Å². The number of rotatable bonds is 8. The molecule has 1 aromatic heterocycles. The second kappa shape index (κ2) is 9.23. The van der Waals surface area contributed by atoms with Crippen LogP contribution < -0.4 is 14.8 Å². The Kier molecular flexibility index (Phi) is 6.23. The van der Waals surface area contributed by atoms with Crippen molar-refractivity contribution in [2.24, 2.45) is 0 Å². The molecule has 7 nitrogen and oxygen atoms in total. The molecule has 0 spiro atoms. The van der Waals surface area contributed by atoms with Gasteiger partial charge in [-0.1, -0.05) is 42.0 Å². The Morgan fingerprint density at radius 3 is 2.09 bits per heavy atom. The van der Waals surface area contributed by atoms with Gasteiger partial charge in [-0.3, -0.25) is 4.72 Å². The lowest BCUT2D eigenvalue weighted by Gasteiger charge is -2.14. The molecule has 0 radical (unpaired) electrons. The molecule has 4 aromatic rings. The first-order valence-corrected chi connectivity index (χ1v) is 11.7. The highest BCUT2D eigenvalue weighted by Crippen LogP contribution is 2.24. The van der Waals surface area contributed by atoms with E-state index in [1.165, 1.54) is 0 Å². The summed E-state index contributed by atoms with van der Waals surface area (Å²) in [6.07, 6.45) is 0.725. The number of hydrogen-bond donors (Lipinski definition) is 2. The number of methoxy groups -OCH3 is 1. The van der Waals surface area contributed by atoms with Crippen LogP contribution in [0.3, 0.4) is 0 Å². The highest BCUT2D eigenvalue weighted by atomic mass is 32.2. The van der Waals surface area contributed by atoms with Crippen molar-refractivity contribution in [1.29, 1.82) is 0 Å². The molecule has 0 unspecified atom stereocenters. The fourth-order valence-electron chi connectivity index (χ4n) is 3.22. The van der Waals surface area contributed by atoms with Crippen LogP contribution in [0.5, 0.6) is 5.75 Å². The monoisotopic (exact) mass is 448 g/mol. The molecule has 0 saturated carbocycles. The lowest BCUT2D eigenvalue weighted by Crippen LogP contribution is -2.17. The number of hydrogen-bond acceptors (Lipinski definition) is 6. The van der Waals surface area contributed by atoms with E-state index in [0.717, 1.165) is 23.3 Å². The summed E-state index contributed by atoms with van der Waals surface area (Å²) in [7, 11) is -2.18. The van der Waals surface area contributed by atoms with E-state index in [2.05, 4.69) is 20.0 Å². The van der Waals surface area contributed by atoms with Crippen LogP contribution in [0.2, 0.25) is 0 Å². The van der Waals surface area contributed by atoms with E-state index in [-0.39, 0.29) is 10.7 Å². The van der Waals surface area contributed by atoms with Crippen LogP contribution in [0, 0.1) is 6.92 Å². The molecule has 0 bridgehead atoms. The van der Waals surface area contributed by atoms with Gasteiger partial charge in [0.2, 0.25) is 0 Å². The zero-order valence-corrected chi connectivity index (χ0v) is 18.7. The Labute approximate surface area is 187 Å². The second-order valence-electron chi connectivity index (χ2n) is 7.35. The molecule has 2 N–H and O–H groups in total. The van der Waals surface area contributed by atoms with Crippen LogP contribution >= 0.6 is 0 Å². The molecule has 0 amide bonds. The summed E-state index contributed by atoms with van der Waals surface area (Å²) in [6, 6.07) is 21.8. The number of sulfonamides is 1. The van der Waals surface area contributed by atoms with Gasteiger partial charge in [0, 0.05) is 6.54 Å². The molecule has 0 aliphatic heterocycles. The second-order valence-corrected chi connectivity index (χ2v) is 9.04. The van der Waals surface area contributed by atoms with Crippen molar-refractivity contribution in [1.82, 2.24) is 9.97 Å². The summed E-state index contributed by atoms with van der Waals surface area (Å²) in [5.74, 6) is 1.35. The quantitative estimate of drug-likeness (QED) is 0.415. The third-order valence-corrected chi connectivity index (χ3v) is 6.35. The number of nitrogens with one attached hydrogen (secondary N) is 2. The summed E-state index contributed by atoms with van der Waals surface area (Å²) in [6.45, 7) is 2.46. The van der Waals surface area contributed by atoms with E-state index in [4.69, 9.17) is 4.74 Å². The van der Waals surface area contributed by atoms with Gasteiger partial charge in [-0.25, -0.2) is 18.4 Å². The maximum Gasteiger partial charge on any atom is 0.263 e. The van der Waals surface area contributed by atoms with Crippen LogP contribution in [0.25, 0.3) is 11.0 Å². The van der Waals surface area contributed by atoms with Gasteiger partial charge >= 0.3 is 0 Å². The van der Waals surface area contributed by atoms with Crippen LogP contribution in [0.1, 0.15) is 11.1 Å². The number of benzene rings is 3. The lowest BCUT2D eigenvalue weighted by atomic mass is 10.1. The zero-order chi connectivity index (χ0) is 22.6. The standard InChI is InChI=1S/C24H24N4O3S/c1-17-7-13-20(14-8-17)32(29,30)28-24-23(26-21-5-3-4-6-22(21)27-24)25-16-15-18-9-11-19(31-2)12-10-18/h3-14H,15-16H2,1-2H3,(H,25,26)(H,27,28). The Balaban J connectivity index is 1.59. The van der Waals surface area contributed by atoms with Crippen LogP contribution in [0.15, 0.2) is 77.7 Å². The molecule has 32 heavy (non-hydrogen) atoms. The topological polar surface area (TPSA) is 93.2 Å². The fourth-order valence-corrected chi connectivity index (χ4v) is 4.22. The third kappa shape index (κ3) is 4.97. The number of ether oxygens (including phenoxy) is 1. The van der Waals surface area contributed by atoms with Crippen molar-refractivity contribution in [3.8, 4) is 5.75 Å². The molecule has 164 valence electrons. The maximum absolute atomic E-state index is 12.9. The number of anilines is 2.